The van der Waals surface area contributed by atoms with Crippen LogP contribution in [0.15, 0.2) is 60.7 Å². The number of nitrogen functional groups attached to an aromatic ring is 1. The standard InChI is InChI=1S/C24H25N5O4S/c1-15-12-22(29(28-15)10-11-30)27-24(31)32-14-19(16-6-3-2-4-7-16)33-18-8-5-9-20-17(18)13-21(34-20)23(25)26/h2-9,12-13,19,30H,10-11,14H2,1H3,(H3,25,26)(H,27,31). The average molecular weight is 480 g/mol. The Labute approximate surface area is 200 Å². The summed E-state index contributed by atoms with van der Waals surface area (Å²) < 4.78 is 14.3. The number of carbonyl (C=O) groups excluding carboxylic acids is 1. The molecule has 0 aliphatic heterocycles. The number of rotatable bonds is 9. The van der Waals surface area contributed by atoms with Crippen molar-refractivity contribution < 1.29 is 19.4 Å². The Kier molecular flexibility index (Phi) is 7.09. The van der Waals surface area contributed by atoms with Gasteiger partial charge in [0.1, 0.15) is 24.0 Å². The van der Waals surface area contributed by atoms with Crippen LogP contribution >= 0.6 is 11.3 Å². The number of benzene rings is 2. The van der Waals surface area contributed by atoms with Gasteiger partial charge in [-0.15, -0.1) is 11.3 Å². The normalized spacial score (nSPS) is 11.8. The minimum atomic E-state index is -0.656. The Hall–Kier alpha value is -3.89. The highest BCUT2D eigenvalue weighted by Gasteiger charge is 2.19. The van der Waals surface area contributed by atoms with E-state index in [2.05, 4.69) is 10.4 Å². The number of aliphatic hydroxyl groups is 1. The van der Waals surface area contributed by atoms with Crippen LogP contribution in [0.1, 0.15) is 22.2 Å². The molecule has 0 bridgehead atoms. The molecule has 176 valence electrons. The van der Waals surface area contributed by atoms with E-state index >= 15 is 0 Å². The lowest BCUT2D eigenvalue weighted by molar-refractivity contribution is 0.0908. The number of ether oxygens (including phenoxy) is 2. The molecule has 0 aliphatic carbocycles. The van der Waals surface area contributed by atoms with Gasteiger partial charge in [0.15, 0.2) is 6.10 Å². The van der Waals surface area contributed by atoms with Crippen LogP contribution in [0.5, 0.6) is 5.75 Å². The van der Waals surface area contributed by atoms with Crippen molar-refractivity contribution in [1.29, 1.82) is 5.41 Å². The van der Waals surface area contributed by atoms with Crippen LogP contribution in [0.4, 0.5) is 10.6 Å². The van der Waals surface area contributed by atoms with E-state index in [4.69, 9.17) is 20.6 Å². The van der Waals surface area contributed by atoms with E-state index in [1.54, 1.807) is 13.0 Å². The van der Waals surface area contributed by atoms with Gasteiger partial charge in [0, 0.05) is 16.2 Å². The van der Waals surface area contributed by atoms with Gasteiger partial charge in [0.05, 0.1) is 23.7 Å². The molecule has 0 fully saturated rings. The van der Waals surface area contributed by atoms with Crippen molar-refractivity contribution >= 4 is 39.2 Å². The highest BCUT2D eigenvalue weighted by atomic mass is 32.1. The van der Waals surface area contributed by atoms with E-state index in [0.29, 0.717) is 22.1 Å². The molecule has 1 unspecified atom stereocenters. The molecule has 1 atom stereocenters. The molecule has 0 saturated carbocycles. The molecular formula is C24H25N5O4S. The van der Waals surface area contributed by atoms with Crippen LogP contribution in [-0.2, 0) is 11.3 Å². The van der Waals surface area contributed by atoms with Gasteiger partial charge >= 0.3 is 6.09 Å². The number of amidine groups is 1. The average Bonchev–Trinajstić information content (AvgIpc) is 3.41. The Morgan fingerprint density at radius 3 is 2.76 bits per heavy atom. The molecule has 0 aliphatic rings. The molecule has 2 aromatic carbocycles. The Balaban J connectivity index is 1.52. The molecular weight excluding hydrogens is 454 g/mol. The topological polar surface area (TPSA) is 135 Å². The van der Waals surface area contributed by atoms with Gasteiger partial charge in [-0.05, 0) is 30.7 Å². The zero-order valence-electron chi connectivity index (χ0n) is 18.5. The fourth-order valence-electron chi connectivity index (χ4n) is 3.49. The lowest BCUT2D eigenvalue weighted by atomic mass is 10.1. The molecule has 10 heteroatoms. The van der Waals surface area contributed by atoms with Crippen molar-refractivity contribution in [1.82, 2.24) is 9.78 Å². The molecule has 5 N–H and O–H groups in total. The van der Waals surface area contributed by atoms with Crippen molar-refractivity contribution in [2.75, 3.05) is 18.5 Å². The summed E-state index contributed by atoms with van der Waals surface area (Å²) in [6, 6.07) is 18.7. The Morgan fingerprint density at radius 1 is 1.24 bits per heavy atom. The van der Waals surface area contributed by atoms with Gasteiger partial charge in [-0.25, -0.2) is 9.48 Å². The number of nitrogens with zero attached hydrogens (tertiary/aromatic N) is 2. The van der Waals surface area contributed by atoms with Crippen LogP contribution in [0.25, 0.3) is 10.1 Å². The molecule has 34 heavy (non-hydrogen) atoms. The molecule has 9 nitrogen and oxygen atoms in total. The van der Waals surface area contributed by atoms with E-state index in [9.17, 15) is 9.90 Å². The number of anilines is 1. The summed E-state index contributed by atoms with van der Waals surface area (Å²) in [5.41, 5.74) is 7.22. The molecule has 0 saturated heterocycles. The predicted molar refractivity (Wildman–Crippen MR) is 132 cm³/mol. The van der Waals surface area contributed by atoms with E-state index < -0.39 is 12.2 Å². The van der Waals surface area contributed by atoms with E-state index in [0.717, 1.165) is 15.6 Å². The first-order chi connectivity index (χ1) is 16.4. The first-order valence-electron chi connectivity index (χ1n) is 10.6. The van der Waals surface area contributed by atoms with Crippen LogP contribution in [0.2, 0.25) is 0 Å². The minimum Gasteiger partial charge on any atom is -0.481 e. The number of thiophene rings is 1. The second-order valence-electron chi connectivity index (χ2n) is 7.55. The number of nitrogens with one attached hydrogen (secondary N) is 2. The van der Waals surface area contributed by atoms with Crippen LogP contribution < -0.4 is 15.8 Å². The second kappa shape index (κ2) is 10.4. The van der Waals surface area contributed by atoms with Crippen LogP contribution in [-0.4, -0.2) is 40.0 Å². The fraction of sp³-hybridized carbons (Fsp3) is 0.208. The molecule has 4 rings (SSSR count). The maximum absolute atomic E-state index is 12.5. The fourth-order valence-corrected chi connectivity index (χ4v) is 4.43. The van der Waals surface area contributed by atoms with E-state index in [1.807, 2.05) is 54.6 Å². The molecule has 2 aromatic heterocycles. The number of nitrogens with two attached hydrogens (primary N) is 1. The van der Waals surface area contributed by atoms with Crippen molar-refractivity contribution in [2.24, 2.45) is 5.73 Å². The van der Waals surface area contributed by atoms with Crippen molar-refractivity contribution in [2.45, 2.75) is 19.6 Å². The van der Waals surface area contributed by atoms with Gasteiger partial charge in [0.25, 0.3) is 0 Å². The molecule has 1 amide bonds. The summed E-state index contributed by atoms with van der Waals surface area (Å²) in [6.45, 7) is 1.91. The zero-order chi connectivity index (χ0) is 24.1. The molecule has 0 spiro atoms. The first kappa shape index (κ1) is 23.3. The monoisotopic (exact) mass is 479 g/mol. The maximum atomic E-state index is 12.5. The van der Waals surface area contributed by atoms with Gasteiger partial charge in [-0.3, -0.25) is 10.7 Å². The van der Waals surface area contributed by atoms with Gasteiger partial charge < -0.3 is 20.3 Å². The number of carbonyl (C=O) groups is 1. The molecule has 2 heterocycles. The molecule has 4 aromatic rings. The van der Waals surface area contributed by atoms with E-state index in [1.165, 1.54) is 16.0 Å². The number of aliphatic hydroxyl groups excluding tert-OH is 1. The number of hydrogen-bond acceptors (Lipinski definition) is 7. The summed E-state index contributed by atoms with van der Waals surface area (Å²) in [5.74, 6) is 1.05. The lowest BCUT2D eigenvalue weighted by Crippen LogP contribution is -2.22. The third-order valence-corrected chi connectivity index (χ3v) is 6.17. The predicted octanol–water partition coefficient (Wildman–Crippen LogP) is 4.05. The number of aromatic nitrogens is 2. The zero-order valence-corrected chi connectivity index (χ0v) is 19.3. The van der Waals surface area contributed by atoms with Gasteiger partial charge in [-0.1, -0.05) is 36.4 Å². The molecule has 0 radical (unpaired) electrons. The summed E-state index contributed by atoms with van der Waals surface area (Å²) >= 11 is 1.42. The summed E-state index contributed by atoms with van der Waals surface area (Å²) in [6.07, 6.45) is -1.22. The highest BCUT2D eigenvalue weighted by Crippen LogP contribution is 2.35. The van der Waals surface area contributed by atoms with Crippen molar-refractivity contribution in [3.05, 3.63) is 76.8 Å². The maximum Gasteiger partial charge on any atom is 0.412 e. The quantitative estimate of drug-likeness (QED) is 0.211. The third-order valence-electron chi connectivity index (χ3n) is 5.04. The van der Waals surface area contributed by atoms with Gasteiger partial charge in [0.2, 0.25) is 0 Å². The number of aryl methyl sites for hydroxylation is 1. The Morgan fingerprint density at radius 2 is 2.03 bits per heavy atom. The van der Waals surface area contributed by atoms with Crippen molar-refractivity contribution in [3.63, 3.8) is 0 Å². The first-order valence-corrected chi connectivity index (χ1v) is 11.4. The Bertz CT molecular complexity index is 1300. The van der Waals surface area contributed by atoms with Gasteiger partial charge in [-0.2, -0.15) is 5.10 Å². The summed E-state index contributed by atoms with van der Waals surface area (Å²) in [7, 11) is 0. The smallest absolute Gasteiger partial charge is 0.412 e. The van der Waals surface area contributed by atoms with Crippen LogP contribution in [0, 0.1) is 12.3 Å². The van der Waals surface area contributed by atoms with E-state index in [-0.39, 0.29) is 25.6 Å². The number of fused-ring (bicyclic) bond motifs is 1. The largest absolute Gasteiger partial charge is 0.481 e. The SMILES string of the molecule is Cc1cc(NC(=O)OCC(Oc2cccc3sc(C(=N)N)cc23)c2ccccc2)n(CCO)n1. The summed E-state index contributed by atoms with van der Waals surface area (Å²) in [5, 5.41) is 24.7. The van der Waals surface area contributed by atoms with Crippen molar-refractivity contribution in [3.8, 4) is 5.75 Å². The lowest BCUT2D eigenvalue weighted by Gasteiger charge is -2.20. The highest BCUT2D eigenvalue weighted by molar-refractivity contribution is 7.20. The van der Waals surface area contributed by atoms with Crippen LogP contribution in [0.3, 0.4) is 0 Å². The summed E-state index contributed by atoms with van der Waals surface area (Å²) in [4.78, 5) is 13.2. The number of amides is 1. The number of hydrogen-bond donors (Lipinski definition) is 4. The second-order valence-corrected chi connectivity index (χ2v) is 8.63. The third kappa shape index (κ3) is 5.36. The minimum absolute atomic E-state index is 0.00226.